The highest BCUT2D eigenvalue weighted by molar-refractivity contribution is 6.35. The quantitative estimate of drug-likeness (QED) is 0.668. The number of halogens is 2. The van der Waals surface area contributed by atoms with Gasteiger partial charge in [-0.05, 0) is 18.2 Å². The lowest BCUT2D eigenvalue weighted by molar-refractivity contribution is 0.199. The third-order valence-electron chi connectivity index (χ3n) is 3.47. The summed E-state index contributed by atoms with van der Waals surface area (Å²) in [6, 6.07) is 11.2. The molecule has 0 radical (unpaired) electrons. The van der Waals surface area contributed by atoms with Crippen LogP contribution in [0.25, 0.3) is 0 Å². The fraction of sp³-hybridized carbons (Fsp3) is 0.333. The molecular formula is C18H21Cl2NO3. The average Bonchev–Trinajstić information content (AvgIpc) is 2.58. The third-order valence-corrected chi connectivity index (χ3v) is 4.05. The van der Waals surface area contributed by atoms with Crippen LogP contribution in [0.4, 0.5) is 0 Å². The van der Waals surface area contributed by atoms with E-state index in [1.54, 1.807) is 26.4 Å². The Morgan fingerprint density at radius 2 is 1.88 bits per heavy atom. The fourth-order valence-corrected chi connectivity index (χ4v) is 2.67. The van der Waals surface area contributed by atoms with Crippen LogP contribution in [0.3, 0.4) is 0 Å². The van der Waals surface area contributed by atoms with Crippen molar-refractivity contribution in [3.05, 3.63) is 57.6 Å². The van der Waals surface area contributed by atoms with Crippen LogP contribution in [0.15, 0.2) is 36.4 Å². The molecule has 1 N–H and O–H groups in total. The van der Waals surface area contributed by atoms with Crippen molar-refractivity contribution < 1.29 is 14.2 Å². The van der Waals surface area contributed by atoms with E-state index in [0.717, 1.165) is 17.7 Å². The second kappa shape index (κ2) is 9.74. The van der Waals surface area contributed by atoms with Crippen LogP contribution < -0.4 is 14.8 Å². The van der Waals surface area contributed by atoms with Gasteiger partial charge in [-0.25, -0.2) is 0 Å². The molecule has 0 bridgehead atoms. The van der Waals surface area contributed by atoms with E-state index in [2.05, 4.69) is 5.32 Å². The minimum atomic E-state index is 0.335. The summed E-state index contributed by atoms with van der Waals surface area (Å²) < 4.78 is 16.5. The fourth-order valence-electron chi connectivity index (χ4n) is 2.21. The van der Waals surface area contributed by atoms with Crippen molar-refractivity contribution in [3.8, 4) is 11.5 Å². The van der Waals surface area contributed by atoms with Crippen LogP contribution in [-0.2, 0) is 17.9 Å². The second-order valence-electron chi connectivity index (χ2n) is 5.14. The van der Waals surface area contributed by atoms with E-state index in [-0.39, 0.29) is 0 Å². The van der Waals surface area contributed by atoms with Crippen molar-refractivity contribution in [2.45, 2.75) is 13.2 Å². The molecule has 0 unspecified atom stereocenters. The lowest BCUT2D eigenvalue weighted by atomic mass is 10.1. The van der Waals surface area contributed by atoms with Gasteiger partial charge in [-0.15, -0.1) is 0 Å². The van der Waals surface area contributed by atoms with Gasteiger partial charge in [0.05, 0.1) is 13.7 Å². The van der Waals surface area contributed by atoms with E-state index in [1.165, 1.54) is 0 Å². The summed E-state index contributed by atoms with van der Waals surface area (Å²) in [7, 11) is 3.30. The number of rotatable bonds is 9. The zero-order valence-corrected chi connectivity index (χ0v) is 15.3. The molecule has 2 aromatic rings. The topological polar surface area (TPSA) is 39.7 Å². The van der Waals surface area contributed by atoms with Gasteiger partial charge in [-0.3, -0.25) is 0 Å². The molecule has 0 aliphatic carbocycles. The Balaban J connectivity index is 2.11. The van der Waals surface area contributed by atoms with Gasteiger partial charge in [0.2, 0.25) is 0 Å². The summed E-state index contributed by atoms with van der Waals surface area (Å²) in [6.45, 7) is 2.41. The predicted octanol–water partition coefficient (Wildman–Crippen LogP) is 4.32. The molecule has 130 valence electrons. The number of nitrogens with one attached hydrogen (secondary N) is 1. The molecule has 0 aliphatic rings. The van der Waals surface area contributed by atoms with Gasteiger partial charge in [-0.1, -0.05) is 41.4 Å². The van der Waals surface area contributed by atoms with Gasteiger partial charge in [0.25, 0.3) is 0 Å². The normalized spacial score (nSPS) is 10.7. The number of benzene rings is 2. The van der Waals surface area contributed by atoms with Gasteiger partial charge in [-0.2, -0.15) is 0 Å². The Kier molecular flexibility index (Phi) is 7.66. The molecule has 0 fully saturated rings. The van der Waals surface area contributed by atoms with Crippen molar-refractivity contribution in [1.29, 1.82) is 0 Å². The number of hydrogen-bond acceptors (Lipinski definition) is 4. The van der Waals surface area contributed by atoms with E-state index in [4.69, 9.17) is 37.4 Å². The zero-order valence-electron chi connectivity index (χ0n) is 13.8. The highest BCUT2D eigenvalue weighted by Crippen LogP contribution is 2.32. The van der Waals surface area contributed by atoms with Crippen LogP contribution in [-0.4, -0.2) is 27.4 Å². The maximum absolute atomic E-state index is 6.21. The molecule has 0 saturated carbocycles. The molecular weight excluding hydrogens is 349 g/mol. The van der Waals surface area contributed by atoms with Gasteiger partial charge in [0, 0.05) is 41.4 Å². The lowest BCUT2D eigenvalue weighted by Crippen LogP contribution is -2.19. The van der Waals surface area contributed by atoms with Crippen molar-refractivity contribution in [1.82, 2.24) is 5.32 Å². The first-order chi connectivity index (χ1) is 11.7. The van der Waals surface area contributed by atoms with Gasteiger partial charge < -0.3 is 19.5 Å². The third kappa shape index (κ3) is 5.28. The molecule has 0 saturated heterocycles. The van der Waals surface area contributed by atoms with Crippen LogP contribution >= 0.6 is 23.2 Å². The Labute approximate surface area is 152 Å². The molecule has 2 aromatic carbocycles. The molecule has 0 amide bonds. The van der Waals surface area contributed by atoms with Crippen molar-refractivity contribution in [3.63, 3.8) is 0 Å². The SMILES string of the molecule is COCCNCc1cccc(OC)c1OCc1ccc(Cl)cc1Cl. The van der Waals surface area contributed by atoms with E-state index in [1.807, 2.05) is 24.3 Å². The molecule has 0 aromatic heterocycles. The largest absolute Gasteiger partial charge is 0.493 e. The van der Waals surface area contributed by atoms with Crippen LogP contribution in [0.5, 0.6) is 11.5 Å². The Hall–Kier alpha value is -1.46. The summed E-state index contributed by atoms with van der Waals surface area (Å²) >= 11 is 12.1. The van der Waals surface area contributed by atoms with Gasteiger partial charge in [0.1, 0.15) is 6.61 Å². The summed E-state index contributed by atoms with van der Waals surface area (Å²) in [5, 5.41) is 4.49. The summed E-state index contributed by atoms with van der Waals surface area (Å²) in [5.41, 5.74) is 1.88. The van der Waals surface area contributed by atoms with Gasteiger partial charge in [0.15, 0.2) is 11.5 Å². The standard InChI is InChI=1S/C18H21Cl2NO3/c1-22-9-8-21-11-13-4-3-5-17(23-2)18(13)24-12-14-6-7-15(19)10-16(14)20/h3-7,10,21H,8-9,11-12H2,1-2H3. The molecule has 0 aliphatic heterocycles. The minimum Gasteiger partial charge on any atom is -0.493 e. The first-order valence-corrected chi connectivity index (χ1v) is 8.33. The van der Waals surface area contributed by atoms with E-state index in [9.17, 15) is 0 Å². The first-order valence-electron chi connectivity index (χ1n) is 7.58. The number of para-hydroxylation sites is 1. The summed E-state index contributed by atoms with van der Waals surface area (Å²) in [6.07, 6.45) is 0. The van der Waals surface area contributed by atoms with Crippen molar-refractivity contribution >= 4 is 23.2 Å². The molecule has 0 heterocycles. The number of ether oxygens (including phenoxy) is 3. The molecule has 4 nitrogen and oxygen atoms in total. The van der Waals surface area contributed by atoms with Crippen LogP contribution in [0, 0.1) is 0 Å². The Morgan fingerprint density at radius 3 is 2.58 bits per heavy atom. The first kappa shape index (κ1) is 18.9. The molecule has 0 spiro atoms. The van der Waals surface area contributed by atoms with E-state index in [0.29, 0.717) is 41.3 Å². The zero-order chi connectivity index (χ0) is 17.4. The van der Waals surface area contributed by atoms with E-state index < -0.39 is 0 Å². The Morgan fingerprint density at radius 1 is 1.04 bits per heavy atom. The smallest absolute Gasteiger partial charge is 0.166 e. The molecule has 0 atom stereocenters. The second-order valence-corrected chi connectivity index (χ2v) is 5.99. The summed E-state index contributed by atoms with van der Waals surface area (Å²) in [4.78, 5) is 0. The van der Waals surface area contributed by atoms with Gasteiger partial charge >= 0.3 is 0 Å². The monoisotopic (exact) mass is 369 g/mol. The molecule has 24 heavy (non-hydrogen) atoms. The number of hydrogen-bond donors (Lipinski definition) is 1. The van der Waals surface area contributed by atoms with Crippen LogP contribution in [0.1, 0.15) is 11.1 Å². The lowest BCUT2D eigenvalue weighted by Gasteiger charge is -2.16. The van der Waals surface area contributed by atoms with Crippen molar-refractivity contribution in [2.24, 2.45) is 0 Å². The predicted molar refractivity (Wildman–Crippen MR) is 97.4 cm³/mol. The van der Waals surface area contributed by atoms with Crippen LogP contribution in [0.2, 0.25) is 10.0 Å². The maximum Gasteiger partial charge on any atom is 0.166 e. The highest BCUT2D eigenvalue weighted by Gasteiger charge is 2.12. The minimum absolute atomic E-state index is 0.335. The molecule has 6 heteroatoms. The number of methoxy groups -OCH3 is 2. The summed E-state index contributed by atoms with van der Waals surface area (Å²) in [5.74, 6) is 1.39. The Bertz CT molecular complexity index is 665. The van der Waals surface area contributed by atoms with Crippen molar-refractivity contribution in [2.75, 3.05) is 27.4 Å². The average molecular weight is 370 g/mol. The maximum atomic E-state index is 6.21. The highest BCUT2D eigenvalue weighted by atomic mass is 35.5. The van der Waals surface area contributed by atoms with E-state index >= 15 is 0 Å². The molecule has 2 rings (SSSR count).